The third-order valence-corrected chi connectivity index (χ3v) is 3.80. The molecule has 19 heavy (non-hydrogen) atoms. The van der Waals surface area contributed by atoms with Gasteiger partial charge in [0, 0.05) is 17.9 Å². The molecule has 1 atom stereocenters. The summed E-state index contributed by atoms with van der Waals surface area (Å²) in [6.45, 7) is 2.86. The van der Waals surface area contributed by atoms with Crippen molar-refractivity contribution in [3.05, 3.63) is 59.7 Å². The molecule has 2 aromatic carbocycles. The van der Waals surface area contributed by atoms with Gasteiger partial charge in [0.05, 0.1) is 6.10 Å². The summed E-state index contributed by atoms with van der Waals surface area (Å²) in [4.78, 5) is 2.37. The average Bonchev–Trinajstić information content (AvgIpc) is 2.47. The fourth-order valence-electron chi connectivity index (χ4n) is 2.73. The van der Waals surface area contributed by atoms with Gasteiger partial charge in [-0.3, -0.25) is 0 Å². The van der Waals surface area contributed by atoms with E-state index in [-0.39, 0.29) is 0 Å². The fourth-order valence-corrected chi connectivity index (χ4v) is 2.73. The Morgan fingerprint density at radius 3 is 2.53 bits per heavy atom. The first-order valence-electron chi connectivity index (χ1n) is 6.89. The quantitative estimate of drug-likeness (QED) is 0.879. The third kappa shape index (κ3) is 2.36. The number of aryl methyl sites for hydroxylation is 1. The maximum absolute atomic E-state index is 9.57. The van der Waals surface area contributed by atoms with Gasteiger partial charge in [0.15, 0.2) is 0 Å². The lowest BCUT2D eigenvalue weighted by molar-refractivity contribution is 0.199. The van der Waals surface area contributed by atoms with E-state index in [4.69, 9.17) is 0 Å². The molecule has 0 spiro atoms. The van der Waals surface area contributed by atoms with Crippen LogP contribution in [0.25, 0.3) is 0 Å². The summed E-state index contributed by atoms with van der Waals surface area (Å²) in [5, 5.41) is 9.57. The van der Waals surface area contributed by atoms with Gasteiger partial charge >= 0.3 is 0 Å². The number of benzene rings is 2. The summed E-state index contributed by atoms with van der Waals surface area (Å²) in [5.74, 6) is 0. The van der Waals surface area contributed by atoms with Crippen molar-refractivity contribution >= 4 is 11.4 Å². The minimum Gasteiger partial charge on any atom is -0.389 e. The van der Waals surface area contributed by atoms with Crippen LogP contribution in [0.5, 0.6) is 0 Å². The van der Waals surface area contributed by atoms with E-state index in [0.29, 0.717) is 0 Å². The van der Waals surface area contributed by atoms with Crippen LogP contribution < -0.4 is 4.90 Å². The molecule has 0 unspecified atom stereocenters. The van der Waals surface area contributed by atoms with Crippen molar-refractivity contribution in [1.29, 1.82) is 0 Å². The lowest BCUT2D eigenvalue weighted by Gasteiger charge is -2.31. The van der Waals surface area contributed by atoms with Crippen LogP contribution in [0.2, 0.25) is 0 Å². The molecule has 3 rings (SSSR count). The van der Waals surface area contributed by atoms with Crippen LogP contribution in [0.4, 0.5) is 11.4 Å². The number of para-hydroxylation sites is 1. The highest BCUT2D eigenvalue weighted by molar-refractivity contribution is 5.67. The molecule has 1 aliphatic heterocycles. The molecule has 2 aromatic rings. The van der Waals surface area contributed by atoms with Crippen molar-refractivity contribution in [1.82, 2.24) is 0 Å². The molecule has 2 nitrogen and oxygen atoms in total. The number of nitrogens with zero attached hydrogens (tertiary/aromatic N) is 1. The van der Waals surface area contributed by atoms with Gasteiger partial charge in [-0.1, -0.05) is 30.3 Å². The summed E-state index contributed by atoms with van der Waals surface area (Å²) >= 11 is 0. The van der Waals surface area contributed by atoms with Crippen LogP contribution in [0, 0.1) is 0 Å². The van der Waals surface area contributed by atoms with Crippen LogP contribution in [0.3, 0.4) is 0 Å². The Kier molecular flexibility index (Phi) is 3.26. The maximum Gasteiger partial charge on any atom is 0.0761 e. The minimum atomic E-state index is -0.400. The number of hydrogen-bond donors (Lipinski definition) is 1. The van der Waals surface area contributed by atoms with E-state index in [9.17, 15) is 5.11 Å². The molecule has 0 amide bonds. The molecule has 0 saturated heterocycles. The summed E-state index contributed by atoms with van der Waals surface area (Å²) in [6, 6.07) is 16.8. The van der Waals surface area contributed by atoms with E-state index >= 15 is 0 Å². The van der Waals surface area contributed by atoms with Crippen LogP contribution in [0.1, 0.15) is 30.6 Å². The molecular formula is C17H19NO. The van der Waals surface area contributed by atoms with Crippen molar-refractivity contribution in [2.24, 2.45) is 0 Å². The second-order valence-corrected chi connectivity index (χ2v) is 5.15. The Morgan fingerprint density at radius 2 is 1.79 bits per heavy atom. The first-order valence-corrected chi connectivity index (χ1v) is 6.89. The molecule has 1 N–H and O–H groups in total. The van der Waals surface area contributed by atoms with Crippen LogP contribution in [-0.2, 0) is 6.42 Å². The predicted molar refractivity (Wildman–Crippen MR) is 78.8 cm³/mol. The summed E-state index contributed by atoms with van der Waals surface area (Å²) in [7, 11) is 0. The molecule has 2 heteroatoms. The summed E-state index contributed by atoms with van der Waals surface area (Å²) in [5.41, 5.74) is 4.91. The Morgan fingerprint density at radius 1 is 1.05 bits per heavy atom. The van der Waals surface area contributed by atoms with E-state index in [0.717, 1.165) is 12.1 Å². The lowest BCUT2D eigenvalue weighted by Crippen LogP contribution is -2.24. The summed E-state index contributed by atoms with van der Waals surface area (Å²) in [6.07, 6.45) is 1.95. The second-order valence-electron chi connectivity index (χ2n) is 5.15. The predicted octanol–water partition coefficient (Wildman–Crippen LogP) is 3.82. The topological polar surface area (TPSA) is 23.5 Å². The number of aliphatic hydroxyl groups excluding tert-OH is 1. The van der Waals surface area contributed by atoms with Gasteiger partial charge < -0.3 is 10.0 Å². The fraction of sp³-hybridized carbons (Fsp3) is 0.294. The van der Waals surface area contributed by atoms with Crippen LogP contribution in [-0.4, -0.2) is 11.7 Å². The van der Waals surface area contributed by atoms with Crippen LogP contribution in [0.15, 0.2) is 48.5 Å². The van der Waals surface area contributed by atoms with E-state index in [1.54, 1.807) is 6.92 Å². The second kappa shape index (κ2) is 5.06. The van der Waals surface area contributed by atoms with Gasteiger partial charge in [-0.25, -0.2) is 0 Å². The van der Waals surface area contributed by atoms with E-state index in [1.165, 1.54) is 29.8 Å². The number of rotatable bonds is 2. The Hall–Kier alpha value is -1.80. The zero-order valence-corrected chi connectivity index (χ0v) is 11.2. The molecule has 1 heterocycles. The highest BCUT2D eigenvalue weighted by Gasteiger charge is 2.17. The monoisotopic (exact) mass is 253 g/mol. The van der Waals surface area contributed by atoms with Crippen molar-refractivity contribution in [2.75, 3.05) is 11.4 Å². The van der Waals surface area contributed by atoms with E-state index in [1.807, 2.05) is 12.1 Å². The van der Waals surface area contributed by atoms with Gasteiger partial charge in [-0.15, -0.1) is 0 Å². The van der Waals surface area contributed by atoms with Crippen molar-refractivity contribution in [2.45, 2.75) is 25.9 Å². The van der Waals surface area contributed by atoms with Crippen molar-refractivity contribution < 1.29 is 5.11 Å². The van der Waals surface area contributed by atoms with Gasteiger partial charge in [0.1, 0.15) is 0 Å². The molecule has 0 bridgehead atoms. The summed E-state index contributed by atoms with van der Waals surface area (Å²) < 4.78 is 0. The molecule has 1 aliphatic rings. The van der Waals surface area contributed by atoms with Gasteiger partial charge in [0.2, 0.25) is 0 Å². The molecule has 0 aromatic heterocycles. The Labute approximate surface area is 114 Å². The maximum atomic E-state index is 9.57. The highest BCUT2D eigenvalue weighted by Crippen LogP contribution is 2.33. The molecule has 0 fully saturated rings. The Balaban J connectivity index is 1.95. The minimum absolute atomic E-state index is 0.400. The molecule has 0 saturated carbocycles. The molecule has 98 valence electrons. The average molecular weight is 253 g/mol. The third-order valence-electron chi connectivity index (χ3n) is 3.80. The van der Waals surface area contributed by atoms with Crippen molar-refractivity contribution in [3.63, 3.8) is 0 Å². The van der Waals surface area contributed by atoms with Gasteiger partial charge in [-0.2, -0.15) is 0 Å². The first-order chi connectivity index (χ1) is 9.25. The van der Waals surface area contributed by atoms with Crippen molar-refractivity contribution in [3.8, 4) is 0 Å². The number of hydrogen-bond acceptors (Lipinski definition) is 2. The SMILES string of the molecule is C[C@@H](O)c1ccc(N2CCCc3ccccc32)cc1. The van der Waals surface area contributed by atoms with Gasteiger partial charge in [-0.05, 0) is 49.1 Å². The van der Waals surface area contributed by atoms with E-state index < -0.39 is 6.10 Å². The van der Waals surface area contributed by atoms with Gasteiger partial charge in [0.25, 0.3) is 0 Å². The molecule has 0 aliphatic carbocycles. The number of aliphatic hydroxyl groups is 1. The smallest absolute Gasteiger partial charge is 0.0761 e. The number of anilines is 2. The van der Waals surface area contributed by atoms with Crippen LogP contribution >= 0.6 is 0 Å². The molecular weight excluding hydrogens is 234 g/mol. The zero-order chi connectivity index (χ0) is 13.2. The standard InChI is InChI=1S/C17H19NO/c1-13(19)14-8-10-16(11-9-14)18-12-4-6-15-5-2-3-7-17(15)18/h2-3,5,7-11,13,19H,4,6,12H2,1H3/t13-/m1/s1. The lowest BCUT2D eigenvalue weighted by atomic mass is 10.0. The highest BCUT2D eigenvalue weighted by atomic mass is 16.3. The largest absolute Gasteiger partial charge is 0.389 e. The van der Waals surface area contributed by atoms with E-state index in [2.05, 4.69) is 41.3 Å². The first kappa shape index (κ1) is 12.2. The normalized spacial score (nSPS) is 16.0. The number of fused-ring (bicyclic) bond motifs is 1. The zero-order valence-electron chi connectivity index (χ0n) is 11.2. The molecule has 0 radical (unpaired) electrons. The Bertz CT molecular complexity index is 560.